The number of aliphatic hydroxyl groups is 8. The monoisotopic (exact) mass is 1060 g/mol. The van der Waals surface area contributed by atoms with E-state index in [1.54, 1.807) is 6.08 Å². The average molecular weight is 1060 g/mol. The lowest BCUT2D eigenvalue weighted by Crippen LogP contribution is -2.65. The topological polar surface area (TPSA) is 228 Å². The smallest absolute Gasteiger partial charge is 0.220 e. The van der Waals surface area contributed by atoms with E-state index in [4.69, 9.17) is 18.9 Å². The standard InChI is InChI=1S/C61H109NO13/c1-3-5-7-9-10-11-12-13-14-15-16-17-18-19-20-21-22-23-24-25-26-27-28-29-30-31-32-33-34-35-36-37-38-39-40-41-43-45-53(66)62-49(50(65)44-42-8-6-4-2)48-72-60-58(71)56(69)59(52(47-64)74-60)75-61-57(70)55(68)54(67)51(46-63)73-61/h5,7,10-11,13-14,16-17,42,44,49-52,54-61,63-65,67-71H,3-4,6,8-9,12,15,18-41,43,45-48H2,1-2H3,(H,62,66)/b7-5-,11-10-,14-13-,17-16-,44-42+. The number of hydrogen-bond acceptors (Lipinski definition) is 13. The zero-order valence-electron chi connectivity index (χ0n) is 46.8. The third kappa shape index (κ3) is 32.4. The predicted octanol–water partition coefficient (Wildman–Crippen LogP) is 10.2. The van der Waals surface area contributed by atoms with E-state index in [-0.39, 0.29) is 18.9 Å². The Morgan fingerprint density at radius 3 is 1.40 bits per heavy atom. The van der Waals surface area contributed by atoms with Crippen LogP contribution in [0.1, 0.15) is 226 Å². The molecule has 0 aliphatic carbocycles. The quantitative estimate of drug-likeness (QED) is 0.0204. The van der Waals surface area contributed by atoms with Crippen molar-refractivity contribution < 1.29 is 64.6 Å². The van der Waals surface area contributed by atoms with E-state index in [0.29, 0.717) is 6.42 Å². The first-order valence-electron chi connectivity index (χ1n) is 30.0. The van der Waals surface area contributed by atoms with Gasteiger partial charge in [0.1, 0.15) is 48.8 Å². The van der Waals surface area contributed by atoms with E-state index in [1.807, 2.05) is 6.08 Å². The highest BCUT2D eigenvalue weighted by atomic mass is 16.7. The van der Waals surface area contributed by atoms with Crippen LogP contribution in [0, 0.1) is 0 Å². The number of ether oxygens (including phenoxy) is 4. The summed E-state index contributed by atoms with van der Waals surface area (Å²) in [5.41, 5.74) is 0. The van der Waals surface area contributed by atoms with Crippen LogP contribution in [0.25, 0.3) is 0 Å². The van der Waals surface area contributed by atoms with Gasteiger partial charge in [0.25, 0.3) is 0 Å². The molecule has 0 saturated carbocycles. The van der Waals surface area contributed by atoms with Crippen LogP contribution in [-0.2, 0) is 23.7 Å². The normalized spacial score (nSPS) is 25.5. The second kappa shape index (κ2) is 46.6. The van der Waals surface area contributed by atoms with Crippen molar-refractivity contribution in [1.29, 1.82) is 0 Å². The molecule has 0 radical (unpaired) electrons. The molecule has 0 aromatic heterocycles. The Balaban J connectivity index is 1.47. The summed E-state index contributed by atoms with van der Waals surface area (Å²) in [5.74, 6) is -0.247. The third-order valence-corrected chi connectivity index (χ3v) is 14.5. The van der Waals surface area contributed by atoms with Gasteiger partial charge in [-0.25, -0.2) is 0 Å². The van der Waals surface area contributed by atoms with Gasteiger partial charge in [0, 0.05) is 6.42 Å². The molecule has 14 heteroatoms. The zero-order chi connectivity index (χ0) is 54.6. The van der Waals surface area contributed by atoms with Crippen LogP contribution < -0.4 is 5.32 Å². The van der Waals surface area contributed by atoms with Gasteiger partial charge in [-0.2, -0.15) is 0 Å². The Hall–Kier alpha value is -2.31. The summed E-state index contributed by atoms with van der Waals surface area (Å²) in [6.45, 7) is 2.51. The van der Waals surface area contributed by atoms with Gasteiger partial charge >= 0.3 is 0 Å². The van der Waals surface area contributed by atoms with Crippen LogP contribution in [0.3, 0.4) is 0 Å². The first-order chi connectivity index (χ1) is 36.6. The third-order valence-electron chi connectivity index (χ3n) is 14.5. The van der Waals surface area contributed by atoms with Gasteiger partial charge in [-0.1, -0.05) is 229 Å². The summed E-state index contributed by atoms with van der Waals surface area (Å²) in [4.78, 5) is 13.1. The minimum atomic E-state index is -1.79. The number of nitrogens with one attached hydrogen (secondary N) is 1. The van der Waals surface area contributed by atoms with E-state index in [9.17, 15) is 45.6 Å². The van der Waals surface area contributed by atoms with E-state index < -0.39 is 86.8 Å². The molecule has 0 bridgehead atoms. The summed E-state index contributed by atoms with van der Waals surface area (Å²) in [6.07, 6.45) is 44.0. The van der Waals surface area contributed by atoms with Crippen molar-refractivity contribution in [3.05, 3.63) is 60.8 Å². The van der Waals surface area contributed by atoms with Crippen molar-refractivity contribution in [1.82, 2.24) is 5.32 Å². The summed E-state index contributed by atoms with van der Waals surface area (Å²) < 4.78 is 22.6. The highest BCUT2D eigenvalue weighted by molar-refractivity contribution is 5.76. The molecule has 1 amide bonds. The Labute approximate surface area is 454 Å². The van der Waals surface area contributed by atoms with Gasteiger partial charge in [-0.15, -0.1) is 0 Å². The van der Waals surface area contributed by atoms with Crippen molar-refractivity contribution in [2.45, 2.75) is 299 Å². The number of unbranched alkanes of at least 4 members (excludes halogenated alkanes) is 26. The fourth-order valence-electron chi connectivity index (χ4n) is 9.62. The highest BCUT2D eigenvalue weighted by Crippen LogP contribution is 2.30. The molecule has 0 aromatic carbocycles. The molecule has 2 aliphatic rings. The molecule has 12 unspecified atom stereocenters. The summed E-state index contributed by atoms with van der Waals surface area (Å²) in [7, 11) is 0. The van der Waals surface area contributed by atoms with Crippen LogP contribution in [-0.4, -0.2) is 140 Å². The molecule has 9 N–H and O–H groups in total. The van der Waals surface area contributed by atoms with E-state index in [1.165, 1.54) is 135 Å². The molecular formula is C61H109NO13. The van der Waals surface area contributed by atoms with E-state index in [0.717, 1.165) is 64.2 Å². The SMILES string of the molecule is CC/C=C\C/C=C\C/C=C\C/C=C\CCCCCCCCCCCCCCCCCCCCCCCCCCC(=O)NC(COC1OC(CO)C(OC2OC(CO)C(O)C(O)C2O)C(O)C1O)C(O)/C=C/CCCC. The molecule has 2 fully saturated rings. The number of rotatable bonds is 47. The lowest BCUT2D eigenvalue weighted by molar-refractivity contribution is -0.359. The van der Waals surface area contributed by atoms with Crippen LogP contribution >= 0.6 is 0 Å². The number of allylic oxidation sites excluding steroid dienone is 9. The van der Waals surface area contributed by atoms with Crippen molar-refractivity contribution >= 4 is 5.91 Å². The van der Waals surface area contributed by atoms with Crippen LogP contribution in [0.15, 0.2) is 60.8 Å². The molecule has 2 rings (SSSR count). The lowest BCUT2D eigenvalue weighted by Gasteiger charge is -2.46. The molecule has 2 heterocycles. The molecule has 75 heavy (non-hydrogen) atoms. The summed E-state index contributed by atoms with van der Waals surface area (Å²) in [6, 6.07) is -0.909. The number of carbonyl (C=O) groups is 1. The highest BCUT2D eigenvalue weighted by Gasteiger charge is 2.51. The number of hydrogen-bond donors (Lipinski definition) is 9. The van der Waals surface area contributed by atoms with Gasteiger partial charge < -0.3 is 65.1 Å². The molecule has 2 saturated heterocycles. The zero-order valence-corrected chi connectivity index (χ0v) is 46.8. The van der Waals surface area contributed by atoms with Crippen molar-refractivity contribution in [3.63, 3.8) is 0 Å². The molecule has 0 spiro atoms. The van der Waals surface area contributed by atoms with Gasteiger partial charge in [0.2, 0.25) is 5.91 Å². The maximum absolute atomic E-state index is 13.1. The second-order valence-electron chi connectivity index (χ2n) is 21.1. The fourth-order valence-corrected chi connectivity index (χ4v) is 9.62. The molecular weight excluding hydrogens is 955 g/mol. The fraction of sp³-hybridized carbons (Fsp3) is 0.820. The van der Waals surface area contributed by atoms with Crippen molar-refractivity contribution in [2.24, 2.45) is 0 Å². The number of aliphatic hydroxyl groups excluding tert-OH is 8. The molecule has 436 valence electrons. The largest absolute Gasteiger partial charge is 0.394 e. The number of carbonyl (C=O) groups excluding carboxylic acids is 1. The van der Waals surface area contributed by atoms with E-state index >= 15 is 0 Å². The van der Waals surface area contributed by atoms with Crippen LogP contribution in [0.2, 0.25) is 0 Å². The predicted molar refractivity (Wildman–Crippen MR) is 300 cm³/mol. The van der Waals surface area contributed by atoms with Crippen molar-refractivity contribution in [2.75, 3.05) is 19.8 Å². The minimum absolute atomic E-state index is 0.247. The first-order valence-corrected chi connectivity index (χ1v) is 30.0. The average Bonchev–Trinajstić information content (AvgIpc) is 3.41. The van der Waals surface area contributed by atoms with Gasteiger partial charge in [0.15, 0.2) is 12.6 Å². The van der Waals surface area contributed by atoms with Crippen LogP contribution in [0.5, 0.6) is 0 Å². The Bertz CT molecular complexity index is 1490. The van der Waals surface area contributed by atoms with Gasteiger partial charge in [-0.05, 0) is 51.4 Å². The minimum Gasteiger partial charge on any atom is -0.394 e. The molecule has 2 aliphatic heterocycles. The Morgan fingerprint density at radius 2 is 0.920 bits per heavy atom. The number of amides is 1. The maximum Gasteiger partial charge on any atom is 0.220 e. The Kier molecular flexibility index (Phi) is 42.7. The van der Waals surface area contributed by atoms with E-state index in [2.05, 4.69) is 67.8 Å². The first kappa shape index (κ1) is 68.8. The maximum atomic E-state index is 13.1. The van der Waals surface area contributed by atoms with Crippen LogP contribution in [0.4, 0.5) is 0 Å². The van der Waals surface area contributed by atoms with Crippen molar-refractivity contribution in [3.8, 4) is 0 Å². The summed E-state index contributed by atoms with van der Waals surface area (Å²) in [5, 5.41) is 86.2. The van der Waals surface area contributed by atoms with Gasteiger partial charge in [0.05, 0.1) is 32.0 Å². The Morgan fingerprint density at radius 1 is 0.493 bits per heavy atom. The van der Waals surface area contributed by atoms with Gasteiger partial charge in [-0.3, -0.25) is 4.79 Å². The summed E-state index contributed by atoms with van der Waals surface area (Å²) >= 11 is 0. The molecule has 12 atom stereocenters. The molecule has 14 nitrogen and oxygen atoms in total. The molecule has 0 aromatic rings. The lowest BCUT2D eigenvalue weighted by atomic mass is 9.97. The second-order valence-corrected chi connectivity index (χ2v) is 21.1.